The summed E-state index contributed by atoms with van der Waals surface area (Å²) in [5.74, 6) is -3.16. The zero-order chi connectivity index (χ0) is 17.4. The lowest BCUT2D eigenvalue weighted by molar-refractivity contribution is -0.142. The van der Waals surface area contributed by atoms with Gasteiger partial charge in [0.05, 0.1) is 12.5 Å². The molecule has 0 aromatic rings. The number of carbonyl (C=O) groups excluding carboxylic acids is 3. The third kappa shape index (κ3) is 7.58. The molecule has 0 aliphatic heterocycles. The first-order valence-electron chi connectivity index (χ1n) is 6.92. The number of nitrogens with one attached hydrogen (secondary N) is 2. The molecule has 0 bridgehead atoms. The third-order valence-electron chi connectivity index (χ3n) is 2.83. The first-order valence-corrected chi connectivity index (χ1v) is 6.92. The Balaban J connectivity index is 4.55. The van der Waals surface area contributed by atoms with Gasteiger partial charge >= 0.3 is 5.97 Å². The van der Waals surface area contributed by atoms with E-state index in [-0.39, 0.29) is 18.8 Å². The van der Waals surface area contributed by atoms with E-state index in [4.69, 9.17) is 16.6 Å². The standard InChI is InChI=1S/C13H24N4O5/c1-6(2)4-9(13(21)22)17-11(19)7(3)16-12(20)8(14)5-10(15)18/h6-9H,4-5,14H2,1-3H3,(H2,15,18)(H,16,20)(H,17,19)(H,21,22). The number of aliphatic carboxylic acids is 1. The molecule has 0 saturated carbocycles. The Morgan fingerprint density at radius 2 is 1.59 bits per heavy atom. The van der Waals surface area contributed by atoms with Gasteiger partial charge in [0.1, 0.15) is 12.1 Å². The highest BCUT2D eigenvalue weighted by Gasteiger charge is 2.26. The first kappa shape index (κ1) is 19.8. The summed E-state index contributed by atoms with van der Waals surface area (Å²) in [7, 11) is 0. The Hall–Kier alpha value is -2.16. The molecule has 0 aliphatic carbocycles. The van der Waals surface area contributed by atoms with Crippen molar-refractivity contribution in [3.63, 3.8) is 0 Å². The average molecular weight is 316 g/mol. The van der Waals surface area contributed by atoms with Crippen molar-refractivity contribution in [2.45, 2.75) is 51.7 Å². The van der Waals surface area contributed by atoms with Gasteiger partial charge in [-0.05, 0) is 19.3 Å². The highest BCUT2D eigenvalue weighted by Crippen LogP contribution is 2.05. The van der Waals surface area contributed by atoms with E-state index >= 15 is 0 Å². The molecule has 3 atom stereocenters. The number of carboxylic acid groups (broad SMARTS) is 1. The monoisotopic (exact) mass is 316 g/mol. The van der Waals surface area contributed by atoms with Gasteiger partial charge in [0.25, 0.3) is 0 Å². The summed E-state index contributed by atoms with van der Waals surface area (Å²) >= 11 is 0. The first-order chi connectivity index (χ1) is 10.0. The zero-order valence-corrected chi connectivity index (χ0v) is 13.0. The highest BCUT2D eigenvalue weighted by atomic mass is 16.4. The molecule has 0 heterocycles. The summed E-state index contributed by atoms with van der Waals surface area (Å²) in [5, 5.41) is 13.7. The summed E-state index contributed by atoms with van der Waals surface area (Å²) in [6, 6.07) is -3.18. The molecule has 0 saturated heterocycles. The number of hydrogen-bond acceptors (Lipinski definition) is 5. The largest absolute Gasteiger partial charge is 0.480 e. The van der Waals surface area contributed by atoms with Crippen molar-refractivity contribution in [2.24, 2.45) is 17.4 Å². The van der Waals surface area contributed by atoms with Crippen LogP contribution in [-0.2, 0) is 19.2 Å². The van der Waals surface area contributed by atoms with Gasteiger partial charge in [0.2, 0.25) is 17.7 Å². The molecule has 126 valence electrons. The molecule has 0 aromatic carbocycles. The Morgan fingerprint density at radius 1 is 1.05 bits per heavy atom. The van der Waals surface area contributed by atoms with Crippen LogP contribution in [0.5, 0.6) is 0 Å². The van der Waals surface area contributed by atoms with E-state index < -0.39 is 41.8 Å². The Labute approximate surface area is 128 Å². The van der Waals surface area contributed by atoms with Crippen LogP contribution in [0.15, 0.2) is 0 Å². The molecule has 0 rings (SSSR count). The van der Waals surface area contributed by atoms with Crippen LogP contribution >= 0.6 is 0 Å². The smallest absolute Gasteiger partial charge is 0.326 e. The van der Waals surface area contributed by atoms with Gasteiger partial charge in [-0.1, -0.05) is 13.8 Å². The molecule has 0 spiro atoms. The molecule has 0 radical (unpaired) electrons. The van der Waals surface area contributed by atoms with E-state index in [0.29, 0.717) is 0 Å². The van der Waals surface area contributed by atoms with Crippen molar-refractivity contribution in [3.8, 4) is 0 Å². The predicted molar refractivity (Wildman–Crippen MR) is 78.4 cm³/mol. The maximum Gasteiger partial charge on any atom is 0.326 e. The lowest BCUT2D eigenvalue weighted by atomic mass is 10.0. The van der Waals surface area contributed by atoms with Crippen molar-refractivity contribution >= 4 is 23.7 Å². The molecule has 7 N–H and O–H groups in total. The lowest BCUT2D eigenvalue weighted by Crippen LogP contribution is -2.53. The third-order valence-corrected chi connectivity index (χ3v) is 2.83. The fraction of sp³-hybridized carbons (Fsp3) is 0.692. The van der Waals surface area contributed by atoms with Crippen LogP contribution in [-0.4, -0.2) is 46.9 Å². The molecule has 9 nitrogen and oxygen atoms in total. The molecule has 0 aromatic heterocycles. The fourth-order valence-electron chi connectivity index (χ4n) is 1.69. The summed E-state index contributed by atoms with van der Waals surface area (Å²) in [5.41, 5.74) is 10.4. The minimum atomic E-state index is -1.15. The molecule has 0 aliphatic rings. The number of carbonyl (C=O) groups is 4. The van der Waals surface area contributed by atoms with Crippen LogP contribution < -0.4 is 22.1 Å². The minimum absolute atomic E-state index is 0.0790. The van der Waals surface area contributed by atoms with E-state index in [1.807, 2.05) is 13.8 Å². The number of primary amides is 1. The van der Waals surface area contributed by atoms with Gasteiger partial charge in [-0.15, -0.1) is 0 Å². The average Bonchev–Trinajstić information content (AvgIpc) is 2.35. The van der Waals surface area contributed by atoms with E-state index in [9.17, 15) is 19.2 Å². The Bertz CT molecular complexity index is 438. The van der Waals surface area contributed by atoms with Gasteiger partial charge in [0.15, 0.2) is 0 Å². The number of nitrogens with two attached hydrogens (primary N) is 2. The molecule has 3 unspecified atom stereocenters. The molecular formula is C13H24N4O5. The topological polar surface area (TPSA) is 165 Å². The number of carboxylic acids is 1. The molecule has 22 heavy (non-hydrogen) atoms. The van der Waals surface area contributed by atoms with E-state index in [1.165, 1.54) is 6.92 Å². The van der Waals surface area contributed by atoms with Gasteiger partial charge < -0.3 is 27.2 Å². The van der Waals surface area contributed by atoms with Crippen molar-refractivity contribution in [3.05, 3.63) is 0 Å². The van der Waals surface area contributed by atoms with Crippen LogP contribution in [0.25, 0.3) is 0 Å². The maximum absolute atomic E-state index is 11.9. The molecule has 9 heteroatoms. The van der Waals surface area contributed by atoms with Crippen LogP contribution in [0, 0.1) is 5.92 Å². The summed E-state index contributed by atoms with van der Waals surface area (Å²) < 4.78 is 0. The normalized spacial score (nSPS) is 14.8. The molecule has 3 amide bonds. The molecular weight excluding hydrogens is 292 g/mol. The maximum atomic E-state index is 11.9. The van der Waals surface area contributed by atoms with E-state index in [1.54, 1.807) is 0 Å². The van der Waals surface area contributed by atoms with Crippen molar-refractivity contribution < 1.29 is 24.3 Å². The summed E-state index contributed by atoms with van der Waals surface area (Å²) in [6.07, 6.45) is -0.0752. The Morgan fingerprint density at radius 3 is 2.00 bits per heavy atom. The van der Waals surface area contributed by atoms with Crippen LogP contribution in [0.1, 0.15) is 33.6 Å². The van der Waals surface area contributed by atoms with Crippen molar-refractivity contribution in [1.82, 2.24) is 10.6 Å². The summed E-state index contributed by atoms with van der Waals surface area (Å²) in [6.45, 7) is 5.05. The van der Waals surface area contributed by atoms with Crippen LogP contribution in [0.3, 0.4) is 0 Å². The second kappa shape index (κ2) is 8.98. The number of rotatable bonds is 9. The van der Waals surface area contributed by atoms with E-state index in [0.717, 1.165) is 0 Å². The van der Waals surface area contributed by atoms with Crippen LogP contribution in [0.4, 0.5) is 0 Å². The quantitative estimate of drug-likeness (QED) is 0.340. The van der Waals surface area contributed by atoms with Gasteiger partial charge in [-0.2, -0.15) is 0 Å². The second-order valence-electron chi connectivity index (χ2n) is 5.54. The molecule has 0 fully saturated rings. The van der Waals surface area contributed by atoms with Gasteiger partial charge in [0, 0.05) is 0 Å². The van der Waals surface area contributed by atoms with Gasteiger partial charge in [-0.3, -0.25) is 14.4 Å². The fourth-order valence-corrected chi connectivity index (χ4v) is 1.69. The van der Waals surface area contributed by atoms with Crippen molar-refractivity contribution in [2.75, 3.05) is 0 Å². The Kier molecular flexibility index (Phi) is 8.10. The second-order valence-corrected chi connectivity index (χ2v) is 5.54. The SMILES string of the molecule is CC(C)CC(NC(=O)C(C)NC(=O)C(N)CC(N)=O)C(=O)O. The summed E-state index contributed by atoms with van der Waals surface area (Å²) in [4.78, 5) is 45.3. The van der Waals surface area contributed by atoms with E-state index in [2.05, 4.69) is 10.6 Å². The zero-order valence-electron chi connectivity index (χ0n) is 13.0. The number of hydrogen-bond donors (Lipinski definition) is 5. The number of amides is 3. The van der Waals surface area contributed by atoms with Gasteiger partial charge in [-0.25, -0.2) is 4.79 Å². The minimum Gasteiger partial charge on any atom is -0.480 e. The highest BCUT2D eigenvalue weighted by molar-refractivity contribution is 5.93. The lowest BCUT2D eigenvalue weighted by Gasteiger charge is -2.21. The predicted octanol–water partition coefficient (Wildman–Crippen LogP) is -1.69. The van der Waals surface area contributed by atoms with Crippen LogP contribution in [0.2, 0.25) is 0 Å². The van der Waals surface area contributed by atoms with Crippen molar-refractivity contribution in [1.29, 1.82) is 0 Å².